The minimum absolute atomic E-state index is 0.164. The lowest BCUT2D eigenvalue weighted by Crippen LogP contribution is -2.34. The summed E-state index contributed by atoms with van der Waals surface area (Å²) in [5.41, 5.74) is 7.61. The van der Waals surface area contributed by atoms with Crippen molar-refractivity contribution < 1.29 is 9.53 Å². The zero-order valence-corrected chi connectivity index (χ0v) is 11.9. The maximum absolute atomic E-state index is 11.9. The Hall–Kier alpha value is -1.59. The van der Waals surface area contributed by atoms with Crippen LogP contribution in [0, 0.1) is 5.41 Å². The third kappa shape index (κ3) is 4.21. The molecule has 2 rings (SSSR count). The molecular formula is C15H23N3O2. The number of rotatable bonds is 7. The van der Waals surface area contributed by atoms with Gasteiger partial charge in [0.15, 0.2) is 0 Å². The van der Waals surface area contributed by atoms with Gasteiger partial charge in [-0.15, -0.1) is 0 Å². The van der Waals surface area contributed by atoms with E-state index in [9.17, 15) is 4.79 Å². The van der Waals surface area contributed by atoms with Gasteiger partial charge in [0.05, 0.1) is 0 Å². The van der Waals surface area contributed by atoms with Gasteiger partial charge < -0.3 is 21.1 Å². The van der Waals surface area contributed by atoms with Crippen molar-refractivity contribution in [2.45, 2.75) is 25.8 Å². The maximum Gasteiger partial charge on any atom is 0.319 e. The molecule has 0 spiro atoms. The van der Waals surface area contributed by atoms with Crippen molar-refractivity contribution in [2.75, 3.05) is 25.6 Å². The van der Waals surface area contributed by atoms with Crippen molar-refractivity contribution in [2.24, 2.45) is 11.1 Å². The first-order valence-corrected chi connectivity index (χ1v) is 7.00. The van der Waals surface area contributed by atoms with Crippen molar-refractivity contribution >= 4 is 11.7 Å². The van der Waals surface area contributed by atoms with Crippen LogP contribution in [0.4, 0.5) is 10.5 Å². The second-order valence-electron chi connectivity index (χ2n) is 5.45. The van der Waals surface area contributed by atoms with Crippen molar-refractivity contribution in [1.82, 2.24) is 5.32 Å². The standard InChI is InChI=1S/C15H23N3O2/c1-20-8-7-15(5-6-15)11-17-14(19)18-13-4-2-3-12(9-13)10-16/h2-4,9H,5-8,10-11,16H2,1H3,(H2,17,18,19). The molecule has 5 heteroatoms. The second-order valence-corrected chi connectivity index (χ2v) is 5.45. The van der Waals surface area contributed by atoms with Crippen LogP contribution < -0.4 is 16.4 Å². The maximum atomic E-state index is 11.9. The molecule has 0 unspecified atom stereocenters. The lowest BCUT2D eigenvalue weighted by Gasteiger charge is -2.16. The van der Waals surface area contributed by atoms with Gasteiger partial charge in [0.2, 0.25) is 0 Å². The Morgan fingerprint density at radius 2 is 2.25 bits per heavy atom. The van der Waals surface area contributed by atoms with Crippen LogP contribution in [0.5, 0.6) is 0 Å². The molecule has 0 atom stereocenters. The Morgan fingerprint density at radius 1 is 1.45 bits per heavy atom. The van der Waals surface area contributed by atoms with Crippen molar-refractivity contribution in [3.63, 3.8) is 0 Å². The first-order valence-electron chi connectivity index (χ1n) is 7.00. The number of ether oxygens (including phenoxy) is 1. The van der Waals surface area contributed by atoms with Crippen LogP contribution in [0.1, 0.15) is 24.8 Å². The van der Waals surface area contributed by atoms with Gasteiger partial charge in [0, 0.05) is 32.5 Å². The van der Waals surface area contributed by atoms with Gasteiger partial charge in [-0.05, 0) is 42.4 Å². The molecule has 4 N–H and O–H groups in total. The Morgan fingerprint density at radius 3 is 2.90 bits per heavy atom. The smallest absolute Gasteiger partial charge is 0.319 e. The SMILES string of the molecule is COCCC1(CNC(=O)Nc2cccc(CN)c2)CC1. The zero-order chi connectivity index (χ0) is 14.4. The monoisotopic (exact) mass is 277 g/mol. The molecule has 0 bridgehead atoms. The van der Waals surface area contributed by atoms with Crippen molar-refractivity contribution in [3.05, 3.63) is 29.8 Å². The predicted molar refractivity (Wildman–Crippen MR) is 79.5 cm³/mol. The molecule has 1 aliphatic carbocycles. The fourth-order valence-corrected chi connectivity index (χ4v) is 2.23. The van der Waals surface area contributed by atoms with E-state index in [1.165, 1.54) is 12.8 Å². The van der Waals surface area contributed by atoms with Crippen molar-refractivity contribution in [1.29, 1.82) is 0 Å². The normalized spacial score (nSPS) is 15.7. The molecule has 1 fully saturated rings. The first-order chi connectivity index (χ1) is 9.67. The van der Waals surface area contributed by atoms with E-state index in [1.54, 1.807) is 7.11 Å². The van der Waals surface area contributed by atoms with Gasteiger partial charge in [-0.2, -0.15) is 0 Å². The third-order valence-corrected chi connectivity index (χ3v) is 3.84. The molecule has 1 aromatic carbocycles. The highest BCUT2D eigenvalue weighted by Crippen LogP contribution is 2.48. The summed E-state index contributed by atoms with van der Waals surface area (Å²) in [7, 11) is 1.71. The highest BCUT2D eigenvalue weighted by molar-refractivity contribution is 5.89. The van der Waals surface area contributed by atoms with E-state index < -0.39 is 0 Å². The van der Waals surface area contributed by atoms with Crippen LogP contribution in [0.3, 0.4) is 0 Å². The second kappa shape index (κ2) is 6.72. The summed E-state index contributed by atoms with van der Waals surface area (Å²) >= 11 is 0. The predicted octanol–water partition coefficient (Wildman–Crippen LogP) is 2.08. The summed E-state index contributed by atoms with van der Waals surface area (Å²) in [6, 6.07) is 7.41. The molecule has 110 valence electrons. The van der Waals surface area contributed by atoms with Gasteiger partial charge in [-0.25, -0.2) is 4.79 Å². The van der Waals surface area contributed by atoms with Gasteiger partial charge in [-0.3, -0.25) is 0 Å². The molecule has 0 radical (unpaired) electrons. The van der Waals surface area contributed by atoms with E-state index >= 15 is 0 Å². The Bertz CT molecular complexity index is 458. The Labute approximate surface area is 119 Å². The van der Waals surface area contributed by atoms with Crippen LogP contribution in [-0.4, -0.2) is 26.3 Å². The van der Waals surface area contributed by atoms with Crippen LogP contribution in [0.15, 0.2) is 24.3 Å². The number of nitrogens with one attached hydrogen (secondary N) is 2. The molecule has 0 saturated heterocycles. The van der Waals surface area contributed by atoms with Crippen molar-refractivity contribution in [3.8, 4) is 0 Å². The summed E-state index contributed by atoms with van der Waals surface area (Å²) in [5, 5.41) is 5.78. The molecular weight excluding hydrogens is 254 g/mol. The number of anilines is 1. The Balaban J connectivity index is 1.78. The summed E-state index contributed by atoms with van der Waals surface area (Å²) in [6.45, 7) is 1.93. The average molecular weight is 277 g/mol. The number of urea groups is 1. The molecule has 0 aliphatic heterocycles. The molecule has 20 heavy (non-hydrogen) atoms. The number of carbonyl (C=O) groups is 1. The number of hydrogen-bond acceptors (Lipinski definition) is 3. The van der Waals surface area contributed by atoms with Crippen LogP contribution >= 0.6 is 0 Å². The highest BCUT2D eigenvalue weighted by atomic mass is 16.5. The molecule has 1 aliphatic rings. The largest absolute Gasteiger partial charge is 0.385 e. The summed E-state index contributed by atoms with van der Waals surface area (Å²) in [4.78, 5) is 11.9. The number of carbonyl (C=O) groups excluding carboxylic acids is 1. The fraction of sp³-hybridized carbons (Fsp3) is 0.533. The molecule has 0 heterocycles. The lowest BCUT2D eigenvalue weighted by atomic mass is 10.0. The number of hydrogen-bond donors (Lipinski definition) is 3. The molecule has 2 amide bonds. The fourth-order valence-electron chi connectivity index (χ4n) is 2.23. The van der Waals surface area contributed by atoms with Gasteiger partial charge in [0.1, 0.15) is 0 Å². The van der Waals surface area contributed by atoms with E-state index in [1.807, 2.05) is 24.3 Å². The number of benzene rings is 1. The van der Waals surface area contributed by atoms with Gasteiger partial charge in [-0.1, -0.05) is 12.1 Å². The minimum atomic E-state index is -0.164. The summed E-state index contributed by atoms with van der Waals surface area (Å²) in [5.74, 6) is 0. The lowest BCUT2D eigenvalue weighted by molar-refractivity contribution is 0.171. The van der Waals surface area contributed by atoms with Crippen LogP contribution in [0.2, 0.25) is 0 Å². The number of nitrogens with two attached hydrogens (primary N) is 1. The summed E-state index contributed by atoms with van der Waals surface area (Å²) < 4.78 is 5.11. The molecule has 1 aromatic rings. The third-order valence-electron chi connectivity index (χ3n) is 3.84. The minimum Gasteiger partial charge on any atom is -0.385 e. The Kier molecular flexibility index (Phi) is 4.98. The molecule has 0 aromatic heterocycles. The van der Waals surface area contributed by atoms with Crippen LogP contribution in [0.25, 0.3) is 0 Å². The zero-order valence-electron chi connectivity index (χ0n) is 11.9. The molecule has 5 nitrogen and oxygen atoms in total. The van der Waals surface area contributed by atoms with E-state index in [2.05, 4.69) is 10.6 Å². The van der Waals surface area contributed by atoms with E-state index in [-0.39, 0.29) is 11.4 Å². The van der Waals surface area contributed by atoms with E-state index in [0.29, 0.717) is 13.1 Å². The highest BCUT2D eigenvalue weighted by Gasteiger charge is 2.42. The molecule has 1 saturated carbocycles. The quantitative estimate of drug-likeness (QED) is 0.714. The first kappa shape index (κ1) is 14.8. The van der Waals surface area contributed by atoms with Crippen LogP contribution in [-0.2, 0) is 11.3 Å². The summed E-state index contributed by atoms with van der Waals surface area (Å²) in [6.07, 6.45) is 3.34. The van der Waals surface area contributed by atoms with E-state index in [4.69, 9.17) is 10.5 Å². The van der Waals surface area contributed by atoms with Gasteiger partial charge >= 0.3 is 6.03 Å². The van der Waals surface area contributed by atoms with Gasteiger partial charge in [0.25, 0.3) is 0 Å². The number of methoxy groups -OCH3 is 1. The van der Waals surface area contributed by atoms with E-state index in [0.717, 1.165) is 24.3 Å². The average Bonchev–Trinajstić information content (AvgIpc) is 3.24. The topological polar surface area (TPSA) is 76.4 Å². The number of amides is 2.